The summed E-state index contributed by atoms with van der Waals surface area (Å²) in [4.78, 5) is 12.6. The molecule has 0 amide bonds. The first-order valence-electron chi connectivity index (χ1n) is 7.46. The number of aliphatic imine (C=N–C) groups is 1. The molecule has 3 N–H and O–H groups in total. The highest BCUT2D eigenvalue weighted by atomic mass is 127. The van der Waals surface area contributed by atoms with Crippen LogP contribution < -0.4 is 20.5 Å². The number of aryl methyl sites for hydroxylation is 1. The van der Waals surface area contributed by atoms with Gasteiger partial charge in [0.2, 0.25) is 0 Å². The van der Waals surface area contributed by atoms with Gasteiger partial charge in [-0.1, -0.05) is 0 Å². The third kappa shape index (κ3) is 4.95. The van der Waals surface area contributed by atoms with Crippen LogP contribution in [0.4, 0.5) is 5.69 Å². The van der Waals surface area contributed by atoms with Crippen molar-refractivity contribution in [1.82, 2.24) is 9.97 Å². The van der Waals surface area contributed by atoms with Gasteiger partial charge in [-0.3, -0.25) is 0 Å². The predicted octanol–water partition coefficient (Wildman–Crippen LogP) is 2.49. The van der Waals surface area contributed by atoms with Crippen LogP contribution in [0.2, 0.25) is 0 Å². The van der Waals surface area contributed by atoms with Crippen LogP contribution in [0.25, 0.3) is 0 Å². The normalized spacial score (nSPS) is 13.6. The SMILES string of the molecule is Cc1nccc(CN=C(N)Nc2ccc3c(c2)OCCCO3)n1.I. The Bertz CT molecular complexity index is 723. The summed E-state index contributed by atoms with van der Waals surface area (Å²) in [7, 11) is 0. The van der Waals surface area contributed by atoms with E-state index in [1.807, 2.05) is 31.2 Å². The van der Waals surface area contributed by atoms with Crippen LogP contribution >= 0.6 is 24.0 Å². The van der Waals surface area contributed by atoms with E-state index in [1.165, 1.54) is 0 Å². The number of guanidine groups is 1. The van der Waals surface area contributed by atoms with E-state index in [2.05, 4.69) is 20.3 Å². The summed E-state index contributed by atoms with van der Waals surface area (Å²) < 4.78 is 11.2. The maximum atomic E-state index is 5.92. The van der Waals surface area contributed by atoms with Crippen LogP contribution in [-0.4, -0.2) is 29.1 Å². The monoisotopic (exact) mass is 441 g/mol. The van der Waals surface area contributed by atoms with E-state index in [4.69, 9.17) is 15.2 Å². The van der Waals surface area contributed by atoms with Gasteiger partial charge < -0.3 is 20.5 Å². The molecule has 2 aromatic rings. The fourth-order valence-corrected chi connectivity index (χ4v) is 2.19. The van der Waals surface area contributed by atoms with Gasteiger partial charge in [-0.25, -0.2) is 15.0 Å². The molecule has 0 saturated carbocycles. The topological polar surface area (TPSA) is 94.7 Å². The van der Waals surface area contributed by atoms with Crippen LogP contribution in [0.15, 0.2) is 35.5 Å². The number of aromatic nitrogens is 2. The first kappa shape index (κ1) is 18.2. The number of rotatable bonds is 3. The van der Waals surface area contributed by atoms with Crippen LogP contribution in [0.3, 0.4) is 0 Å². The molecular weight excluding hydrogens is 421 g/mol. The third-order valence-electron chi connectivity index (χ3n) is 3.27. The average Bonchev–Trinajstić information content (AvgIpc) is 2.78. The number of ether oxygens (including phenoxy) is 2. The number of anilines is 1. The predicted molar refractivity (Wildman–Crippen MR) is 103 cm³/mol. The van der Waals surface area contributed by atoms with Crippen molar-refractivity contribution >= 4 is 35.6 Å². The smallest absolute Gasteiger partial charge is 0.193 e. The van der Waals surface area contributed by atoms with Crippen molar-refractivity contribution < 1.29 is 9.47 Å². The minimum Gasteiger partial charge on any atom is -0.490 e. The largest absolute Gasteiger partial charge is 0.490 e. The molecule has 1 aliphatic heterocycles. The van der Waals surface area contributed by atoms with Crippen molar-refractivity contribution in [3.63, 3.8) is 0 Å². The van der Waals surface area contributed by atoms with E-state index in [1.54, 1.807) is 6.20 Å². The summed E-state index contributed by atoms with van der Waals surface area (Å²) in [5.41, 5.74) is 7.54. The van der Waals surface area contributed by atoms with Gasteiger partial charge in [0, 0.05) is 24.4 Å². The number of halogens is 1. The Morgan fingerprint density at radius 2 is 2.04 bits per heavy atom. The Balaban J connectivity index is 0.00000208. The Kier molecular flexibility index (Phi) is 6.59. The average molecular weight is 441 g/mol. The van der Waals surface area contributed by atoms with Crippen molar-refractivity contribution in [1.29, 1.82) is 0 Å². The fraction of sp³-hybridized carbons (Fsp3) is 0.312. The van der Waals surface area contributed by atoms with Crippen molar-refractivity contribution in [3.05, 3.63) is 42.0 Å². The van der Waals surface area contributed by atoms with Gasteiger partial charge in [0.15, 0.2) is 17.5 Å². The number of hydrogen-bond acceptors (Lipinski definition) is 5. The molecule has 2 heterocycles. The lowest BCUT2D eigenvalue weighted by Crippen LogP contribution is -2.22. The molecule has 7 nitrogen and oxygen atoms in total. The summed E-state index contributed by atoms with van der Waals surface area (Å²) in [5.74, 6) is 2.50. The zero-order valence-electron chi connectivity index (χ0n) is 13.4. The molecule has 8 heteroatoms. The number of nitrogens with zero attached hydrogens (tertiary/aromatic N) is 3. The van der Waals surface area contributed by atoms with Gasteiger partial charge >= 0.3 is 0 Å². The summed E-state index contributed by atoms with van der Waals surface area (Å²) in [6.07, 6.45) is 2.58. The maximum absolute atomic E-state index is 5.92. The zero-order chi connectivity index (χ0) is 16.1. The lowest BCUT2D eigenvalue weighted by atomic mass is 10.3. The Labute approximate surface area is 157 Å². The van der Waals surface area contributed by atoms with E-state index >= 15 is 0 Å². The van der Waals surface area contributed by atoms with Crippen molar-refractivity contribution in [2.75, 3.05) is 18.5 Å². The lowest BCUT2D eigenvalue weighted by molar-refractivity contribution is 0.297. The summed E-state index contributed by atoms with van der Waals surface area (Å²) in [5, 5.41) is 3.05. The van der Waals surface area contributed by atoms with Crippen LogP contribution in [0.5, 0.6) is 11.5 Å². The van der Waals surface area contributed by atoms with Crippen molar-refractivity contribution in [2.45, 2.75) is 19.9 Å². The molecule has 0 bridgehead atoms. The summed E-state index contributed by atoms with van der Waals surface area (Å²) in [6.45, 7) is 3.55. The van der Waals surface area contributed by atoms with E-state index in [-0.39, 0.29) is 24.0 Å². The molecule has 1 aromatic carbocycles. The maximum Gasteiger partial charge on any atom is 0.193 e. The molecular formula is C16H20IN5O2. The molecule has 128 valence electrons. The lowest BCUT2D eigenvalue weighted by Gasteiger charge is -2.10. The molecule has 3 rings (SSSR count). The van der Waals surface area contributed by atoms with Gasteiger partial charge in [0.05, 0.1) is 25.5 Å². The van der Waals surface area contributed by atoms with Gasteiger partial charge in [0.1, 0.15) is 5.82 Å². The van der Waals surface area contributed by atoms with E-state index in [0.717, 1.165) is 23.6 Å². The number of nitrogens with one attached hydrogen (secondary N) is 1. The standard InChI is InChI=1S/C16H19N5O2.HI/c1-11-18-6-5-13(20-11)10-19-16(17)21-12-3-4-14-15(9-12)23-8-2-7-22-14;/h3-6,9H,2,7-8,10H2,1H3,(H3,17,19,21);1H. The number of nitrogens with two attached hydrogens (primary N) is 1. The van der Waals surface area contributed by atoms with Gasteiger partial charge in [-0.15, -0.1) is 24.0 Å². The van der Waals surface area contributed by atoms with Crippen molar-refractivity contribution in [3.8, 4) is 11.5 Å². The summed E-state index contributed by atoms with van der Waals surface area (Å²) in [6, 6.07) is 7.42. The Hall–Kier alpha value is -2.10. The quantitative estimate of drug-likeness (QED) is 0.432. The van der Waals surface area contributed by atoms with E-state index in [9.17, 15) is 0 Å². The van der Waals surface area contributed by atoms with Crippen LogP contribution in [-0.2, 0) is 6.54 Å². The Morgan fingerprint density at radius 3 is 2.83 bits per heavy atom. The highest BCUT2D eigenvalue weighted by Gasteiger charge is 2.10. The number of benzene rings is 1. The minimum absolute atomic E-state index is 0. The second-order valence-electron chi connectivity index (χ2n) is 5.13. The van der Waals surface area contributed by atoms with E-state index < -0.39 is 0 Å². The molecule has 24 heavy (non-hydrogen) atoms. The fourth-order valence-electron chi connectivity index (χ4n) is 2.19. The first-order valence-corrected chi connectivity index (χ1v) is 7.46. The van der Waals surface area contributed by atoms with Gasteiger partial charge in [-0.2, -0.15) is 0 Å². The highest BCUT2D eigenvalue weighted by molar-refractivity contribution is 14.0. The molecule has 0 spiro atoms. The summed E-state index contributed by atoms with van der Waals surface area (Å²) >= 11 is 0. The number of fused-ring (bicyclic) bond motifs is 1. The highest BCUT2D eigenvalue weighted by Crippen LogP contribution is 2.32. The first-order chi connectivity index (χ1) is 11.2. The third-order valence-corrected chi connectivity index (χ3v) is 3.27. The van der Waals surface area contributed by atoms with E-state index in [0.29, 0.717) is 37.3 Å². The molecule has 0 aliphatic carbocycles. The van der Waals surface area contributed by atoms with Gasteiger partial charge in [-0.05, 0) is 25.1 Å². The van der Waals surface area contributed by atoms with Crippen LogP contribution in [0.1, 0.15) is 17.9 Å². The molecule has 1 aliphatic rings. The van der Waals surface area contributed by atoms with Gasteiger partial charge in [0.25, 0.3) is 0 Å². The van der Waals surface area contributed by atoms with Crippen LogP contribution in [0, 0.1) is 6.92 Å². The molecule has 1 aromatic heterocycles. The molecule has 0 radical (unpaired) electrons. The minimum atomic E-state index is 0. The zero-order valence-corrected chi connectivity index (χ0v) is 15.7. The Morgan fingerprint density at radius 1 is 1.25 bits per heavy atom. The van der Waals surface area contributed by atoms with Crippen molar-refractivity contribution in [2.24, 2.45) is 10.7 Å². The molecule has 0 unspecified atom stereocenters. The molecule has 0 saturated heterocycles. The second kappa shape index (κ2) is 8.67. The second-order valence-corrected chi connectivity index (χ2v) is 5.13. The number of hydrogen-bond donors (Lipinski definition) is 2. The molecule has 0 atom stereocenters. The molecule has 0 fully saturated rings.